The standard InChI is InChI=1S/C24H33BrN2O3/c1-17-18(2)23(30-15-14-28-4)9-7-21(17)19(3)26-10-12-27(13-11-26)20-6-8-22(25)24(16-20)29-5/h6-9,16,19H,10-15H2,1-5H3. The van der Waals surface area contributed by atoms with Gasteiger partial charge in [-0.2, -0.15) is 0 Å². The lowest BCUT2D eigenvalue weighted by Crippen LogP contribution is -2.47. The van der Waals surface area contributed by atoms with E-state index in [9.17, 15) is 0 Å². The highest BCUT2D eigenvalue weighted by molar-refractivity contribution is 9.10. The number of hydrogen-bond acceptors (Lipinski definition) is 5. The lowest BCUT2D eigenvalue weighted by Gasteiger charge is -2.40. The fraction of sp³-hybridized carbons (Fsp3) is 0.500. The molecule has 1 fully saturated rings. The number of halogens is 1. The molecule has 0 saturated carbocycles. The summed E-state index contributed by atoms with van der Waals surface area (Å²) >= 11 is 3.54. The zero-order valence-corrected chi connectivity index (χ0v) is 20.3. The van der Waals surface area contributed by atoms with Gasteiger partial charge >= 0.3 is 0 Å². The smallest absolute Gasteiger partial charge is 0.135 e. The van der Waals surface area contributed by atoms with Gasteiger partial charge in [0, 0.05) is 51.1 Å². The van der Waals surface area contributed by atoms with Gasteiger partial charge in [0.15, 0.2) is 0 Å². The van der Waals surface area contributed by atoms with Gasteiger partial charge < -0.3 is 19.1 Å². The molecule has 1 aliphatic heterocycles. The first kappa shape index (κ1) is 22.9. The molecule has 0 aliphatic carbocycles. The van der Waals surface area contributed by atoms with E-state index >= 15 is 0 Å². The van der Waals surface area contributed by atoms with Gasteiger partial charge in [-0.1, -0.05) is 6.07 Å². The molecule has 2 aromatic rings. The van der Waals surface area contributed by atoms with E-state index in [0.29, 0.717) is 19.3 Å². The minimum Gasteiger partial charge on any atom is -0.495 e. The van der Waals surface area contributed by atoms with E-state index in [-0.39, 0.29) is 0 Å². The van der Waals surface area contributed by atoms with Crippen molar-refractivity contribution >= 4 is 21.6 Å². The highest BCUT2D eigenvalue weighted by atomic mass is 79.9. The van der Waals surface area contributed by atoms with E-state index < -0.39 is 0 Å². The molecular weight excluding hydrogens is 444 g/mol. The molecule has 30 heavy (non-hydrogen) atoms. The van der Waals surface area contributed by atoms with E-state index in [2.05, 4.69) is 76.8 Å². The average Bonchev–Trinajstić information content (AvgIpc) is 2.77. The molecule has 1 heterocycles. The third-order valence-electron chi connectivity index (χ3n) is 6.14. The molecule has 1 unspecified atom stereocenters. The zero-order chi connectivity index (χ0) is 21.7. The Kier molecular flexibility index (Phi) is 8.03. The monoisotopic (exact) mass is 476 g/mol. The maximum absolute atomic E-state index is 5.87. The molecule has 1 aliphatic rings. The molecule has 0 bridgehead atoms. The van der Waals surface area contributed by atoms with Crippen molar-refractivity contribution in [1.82, 2.24) is 4.90 Å². The van der Waals surface area contributed by atoms with Crippen molar-refractivity contribution in [1.29, 1.82) is 0 Å². The fourth-order valence-corrected chi connectivity index (χ4v) is 4.48. The number of anilines is 1. The molecule has 1 saturated heterocycles. The predicted octanol–water partition coefficient (Wildman–Crippen LogP) is 4.98. The van der Waals surface area contributed by atoms with Crippen LogP contribution < -0.4 is 14.4 Å². The topological polar surface area (TPSA) is 34.2 Å². The van der Waals surface area contributed by atoms with Gasteiger partial charge in [-0.3, -0.25) is 4.90 Å². The molecule has 0 amide bonds. The lowest BCUT2D eigenvalue weighted by molar-refractivity contribution is 0.146. The second-order valence-corrected chi connectivity index (χ2v) is 8.62. The Morgan fingerprint density at radius 2 is 1.67 bits per heavy atom. The van der Waals surface area contributed by atoms with Crippen molar-refractivity contribution < 1.29 is 14.2 Å². The molecular formula is C24H33BrN2O3. The molecule has 1 atom stereocenters. The molecule has 164 valence electrons. The van der Waals surface area contributed by atoms with Crippen molar-refractivity contribution in [3.8, 4) is 11.5 Å². The summed E-state index contributed by atoms with van der Waals surface area (Å²) in [7, 11) is 3.40. The van der Waals surface area contributed by atoms with Crippen LogP contribution in [0.4, 0.5) is 5.69 Å². The maximum atomic E-state index is 5.87. The largest absolute Gasteiger partial charge is 0.495 e. The number of methoxy groups -OCH3 is 2. The van der Waals surface area contributed by atoms with Crippen molar-refractivity contribution in [3.63, 3.8) is 0 Å². The summed E-state index contributed by atoms with van der Waals surface area (Å²) in [6.45, 7) is 11.9. The number of nitrogens with zero attached hydrogens (tertiary/aromatic N) is 2. The van der Waals surface area contributed by atoms with E-state index in [1.165, 1.54) is 22.4 Å². The summed E-state index contributed by atoms with van der Waals surface area (Å²) in [6, 6.07) is 11.0. The lowest BCUT2D eigenvalue weighted by atomic mass is 9.96. The quantitative estimate of drug-likeness (QED) is 0.501. The molecule has 0 radical (unpaired) electrons. The average molecular weight is 477 g/mol. The van der Waals surface area contributed by atoms with Gasteiger partial charge in [-0.15, -0.1) is 0 Å². The molecule has 5 nitrogen and oxygen atoms in total. The van der Waals surface area contributed by atoms with Crippen LogP contribution in [0.3, 0.4) is 0 Å². The van der Waals surface area contributed by atoms with Crippen molar-refractivity contribution in [2.24, 2.45) is 0 Å². The Morgan fingerprint density at radius 3 is 2.33 bits per heavy atom. The van der Waals surface area contributed by atoms with Gasteiger partial charge in [0.05, 0.1) is 18.2 Å². The van der Waals surface area contributed by atoms with Crippen LogP contribution >= 0.6 is 15.9 Å². The second-order valence-electron chi connectivity index (χ2n) is 7.76. The third kappa shape index (κ3) is 5.10. The second kappa shape index (κ2) is 10.5. The first-order valence-corrected chi connectivity index (χ1v) is 11.3. The minimum absolute atomic E-state index is 0.373. The van der Waals surface area contributed by atoms with Gasteiger partial charge in [-0.25, -0.2) is 0 Å². The van der Waals surface area contributed by atoms with Crippen LogP contribution in [0.25, 0.3) is 0 Å². The molecule has 6 heteroatoms. The van der Waals surface area contributed by atoms with E-state index in [1.54, 1.807) is 14.2 Å². The first-order chi connectivity index (χ1) is 14.5. The van der Waals surface area contributed by atoms with Gasteiger partial charge in [0.2, 0.25) is 0 Å². The van der Waals surface area contributed by atoms with Crippen LogP contribution in [-0.2, 0) is 4.74 Å². The number of piperazine rings is 1. The molecule has 0 aromatic heterocycles. The normalized spacial score (nSPS) is 15.9. The highest BCUT2D eigenvalue weighted by Gasteiger charge is 2.24. The summed E-state index contributed by atoms with van der Waals surface area (Å²) < 4.78 is 17.4. The summed E-state index contributed by atoms with van der Waals surface area (Å²) in [4.78, 5) is 5.00. The minimum atomic E-state index is 0.373. The van der Waals surface area contributed by atoms with E-state index in [1.807, 2.05) is 0 Å². The Labute approximate surface area is 189 Å². The number of hydrogen-bond donors (Lipinski definition) is 0. The Hall–Kier alpha value is -1.76. The van der Waals surface area contributed by atoms with Gasteiger partial charge in [0.1, 0.15) is 18.1 Å². The highest BCUT2D eigenvalue weighted by Crippen LogP contribution is 2.33. The molecule has 0 N–H and O–H groups in total. The SMILES string of the molecule is COCCOc1ccc(C(C)N2CCN(c3ccc(Br)c(OC)c3)CC2)c(C)c1C. The van der Waals surface area contributed by atoms with Gasteiger partial charge in [-0.05, 0) is 71.6 Å². The Balaban J connectivity index is 1.65. The van der Waals surface area contributed by atoms with Gasteiger partial charge in [0.25, 0.3) is 0 Å². The molecule has 2 aromatic carbocycles. The predicted molar refractivity (Wildman–Crippen MR) is 126 cm³/mol. The van der Waals surface area contributed by atoms with Crippen LogP contribution in [0.5, 0.6) is 11.5 Å². The van der Waals surface area contributed by atoms with Crippen molar-refractivity contribution in [3.05, 3.63) is 51.5 Å². The van der Waals surface area contributed by atoms with E-state index in [0.717, 1.165) is 42.2 Å². The van der Waals surface area contributed by atoms with Crippen molar-refractivity contribution in [2.45, 2.75) is 26.8 Å². The Bertz CT molecular complexity index is 851. The zero-order valence-electron chi connectivity index (χ0n) is 18.7. The van der Waals surface area contributed by atoms with Crippen LogP contribution in [0.15, 0.2) is 34.8 Å². The number of rotatable bonds is 8. The molecule has 0 spiro atoms. The summed E-state index contributed by atoms with van der Waals surface area (Å²) in [6.07, 6.45) is 0. The van der Waals surface area contributed by atoms with Crippen LogP contribution in [0.1, 0.15) is 29.7 Å². The van der Waals surface area contributed by atoms with E-state index in [4.69, 9.17) is 14.2 Å². The first-order valence-electron chi connectivity index (χ1n) is 10.5. The van der Waals surface area contributed by atoms with Crippen LogP contribution in [-0.4, -0.2) is 58.5 Å². The maximum Gasteiger partial charge on any atom is 0.135 e. The summed E-state index contributed by atoms with van der Waals surface area (Å²) in [5, 5.41) is 0. The summed E-state index contributed by atoms with van der Waals surface area (Å²) in [5.41, 5.74) is 5.13. The van der Waals surface area contributed by atoms with Crippen molar-refractivity contribution in [2.75, 3.05) is 58.5 Å². The molecule has 3 rings (SSSR count). The Morgan fingerprint density at radius 1 is 0.933 bits per heavy atom. The number of ether oxygens (including phenoxy) is 3. The van der Waals surface area contributed by atoms with Crippen LogP contribution in [0.2, 0.25) is 0 Å². The number of benzene rings is 2. The summed E-state index contributed by atoms with van der Waals surface area (Å²) in [5.74, 6) is 1.83. The third-order valence-corrected chi connectivity index (χ3v) is 6.79. The van der Waals surface area contributed by atoms with Crippen LogP contribution in [0, 0.1) is 13.8 Å². The fourth-order valence-electron chi connectivity index (χ4n) is 4.07.